The predicted octanol–water partition coefficient (Wildman–Crippen LogP) is 7.76. The van der Waals surface area contributed by atoms with Crippen LogP contribution in [0.5, 0.6) is 0 Å². The molecule has 4 aromatic rings. The summed E-state index contributed by atoms with van der Waals surface area (Å²) < 4.78 is 2.36. The molecule has 2 heterocycles. The second kappa shape index (κ2) is 9.52. The zero-order chi connectivity index (χ0) is 21.8. The van der Waals surface area contributed by atoms with Crippen LogP contribution in [0.2, 0.25) is 0 Å². The van der Waals surface area contributed by atoms with Crippen molar-refractivity contribution in [2.75, 3.05) is 0 Å². The number of carboxylic acid groups (broad SMARTS) is 1. The summed E-state index contributed by atoms with van der Waals surface area (Å²) in [5, 5.41) is 11.7. The molecule has 0 aliphatic carbocycles. The third kappa shape index (κ3) is 4.45. The van der Waals surface area contributed by atoms with Gasteiger partial charge in [-0.2, -0.15) is 0 Å². The Balaban J connectivity index is 1.75. The van der Waals surface area contributed by atoms with Gasteiger partial charge in [0, 0.05) is 44.2 Å². The van der Waals surface area contributed by atoms with Crippen LogP contribution in [0, 0.1) is 0 Å². The van der Waals surface area contributed by atoms with E-state index >= 15 is 0 Å². The number of hydrogen-bond acceptors (Lipinski definition) is 2. The van der Waals surface area contributed by atoms with E-state index in [1.807, 2.05) is 0 Å². The van der Waals surface area contributed by atoms with E-state index in [-0.39, 0.29) is 0 Å². The minimum atomic E-state index is -0.902. The molecule has 0 fully saturated rings. The van der Waals surface area contributed by atoms with Gasteiger partial charge in [-0.05, 0) is 61.2 Å². The number of benzene rings is 2. The van der Waals surface area contributed by atoms with Gasteiger partial charge in [-0.15, -0.1) is 11.3 Å². The molecule has 2 aromatic heterocycles. The lowest BCUT2D eigenvalue weighted by molar-refractivity contribution is -0.131. The topological polar surface area (TPSA) is 42.2 Å². The van der Waals surface area contributed by atoms with Crippen molar-refractivity contribution in [3.63, 3.8) is 0 Å². The molecule has 31 heavy (non-hydrogen) atoms. The number of aryl methyl sites for hydroxylation is 2. The van der Waals surface area contributed by atoms with Crippen LogP contribution in [0.3, 0.4) is 0 Å². The van der Waals surface area contributed by atoms with E-state index in [4.69, 9.17) is 5.11 Å². The highest BCUT2D eigenvalue weighted by Gasteiger charge is 2.13. The van der Waals surface area contributed by atoms with Crippen LogP contribution in [-0.4, -0.2) is 15.6 Å². The molecule has 0 radical (unpaired) electrons. The van der Waals surface area contributed by atoms with Crippen molar-refractivity contribution in [1.82, 2.24) is 4.57 Å². The van der Waals surface area contributed by atoms with Crippen LogP contribution in [0.25, 0.3) is 38.3 Å². The van der Waals surface area contributed by atoms with E-state index in [2.05, 4.69) is 66.9 Å². The van der Waals surface area contributed by atoms with Crippen LogP contribution >= 0.6 is 11.3 Å². The fourth-order valence-electron chi connectivity index (χ4n) is 4.36. The Bertz CT molecular complexity index is 1250. The van der Waals surface area contributed by atoms with E-state index in [0.717, 1.165) is 24.3 Å². The van der Waals surface area contributed by atoms with E-state index in [1.165, 1.54) is 63.1 Å². The molecule has 0 saturated carbocycles. The lowest BCUT2D eigenvalue weighted by Gasteiger charge is -2.03. The van der Waals surface area contributed by atoms with Crippen molar-refractivity contribution < 1.29 is 9.90 Å². The Morgan fingerprint density at radius 3 is 2.58 bits per heavy atom. The van der Waals surface area contributed by atoms with Gasteiger partial charge >= 0.3 is 5.97 Å². The first-order chi connectivity index (χ1) is 15.1. The van der Waals surface area contributed by atoms with Gasteiger partial charge < -0.3 is 9.67 Å². The third-order valence-corrected chi connectivity index (χ3v) is 7.08. The van der Waals surface area contributed by atoms with Crippen molar-refractivity contribution in [1.29, 1.82) is 0 Å². The molecule has 0 spiro atoms. The highest BCUT2D eigenvalue weighted by molar-refractivity contribution is 7.16. The third-order valence-electron chi connectivity index (χ3n) is 5.89. The van der Waals surface area contributed by atoms with Crippen LogP contribution in [-0.2, 0) is 17.8 Å². The van der Waals surface area contributed by atoms with Gasteiger partial charge in [-0.1, -0.05) is 50.5 Å². The van der Waals surface area contributed by atoms with Gasteiger partial charge in [-0.3, -0.25) is 0 Å². The summed E-state index contributed by atoms with van der Waals surface area (Å²) in [7, 11) is 0. The number of carbonyl (C=O) groups is 1. The molecule has 0 bridgehead atoms. The molecule has 4 heteroatoms. The molecule has 1 N–H and O–H groups in total. The Hall–Kier alpha value is -2.85. The monoisotopic (exact) mass is 431 g/mol. The summed E-state index contributed by atoms with van der Waals surface area (Å²) in [5.74, 6) is -0.902. The maximum Gasteiger partial charge on any atom is 0.328 e. The standard InChI is InChI=1S/C27H29NO2S/c1-3-5-6-7-10-19-18-26(31-25(19)15-16-27(29)30)20-13-14-24-22(17-20)21-11-8-9-12-23(21)28(24)4-2/h8-9,11-18H,3-7,10H2,1-2H3,(H,29,30)/b16-15+. The minimum Gasteiger partial charge on any atom is -0.478 e. The minimum absolute atomic E-state index is 0.902. The largest absolute Gasteiger partial charge is 0.478 e. The van der Waals surface area contributed by atoms with Crippen molar-refractivity contribution in [2.24, 2.45) is 0 Å². The smallest absolute Gasteiger partial charge is 0.328 e. The number of rotatable bonds is 9. The zero-order valence-corrected chi connectivity index (χ0v) is 19.0. The number of carboxylic acids is 1. The van der Waals surface area contributed by atoms with Gasteiger partial charge in [0.15, 0.2) is 0 Å². The molecule has 160 valence electrons. The van der Waals surface area contributed by atoms with E-state index in [1.54, 1.807) is 17.4 Å². The summed E-state index contributed by atoms with van der Waals surface area (Å²) in [6.07, 6.45) is 8.82. The predicted molar refractivity (Wildman–Crippen MR) is 133 cm³/mol. The van der Waals surface area contributed by atoms with Gasteiger partial charge in [0.2, 0.25) is 0 Å². The maximum atomic E-state index is 11.1. The highest BCUT2D eigenvalue weighted by atomic mass is 32.1. The average Bonchev–Trinajstić information content (AvgIpc) is 3.33. The Morgan fingerprint density at radius 1 is 1.00 bits per heavy atom. The SMILES string of the molecule is CCCCCCc1cc(-c2ccc3c(c2)c2ccccc2n3CC)sc1/C=C/C(=O)O. The lowest BCUT2D eigenvalue weighted by atomic mass is 10.0. The van der Waals surface area contributed by atoms with Crippen LogP contribution < -0.4 is 0 Å². The first-order valence-corrected chi connectivity index (χ1v) is 12.0. The van der Waals surface area contributed by atoms with E-state index in [0.29, 0.717) is 0 Å². The summed E-state index contributed by atoms with van der Waals surface area (Å²) in [4.78, 5) is 13.3. The molecule has 2 aromatic carbocycles. The van der Waals surface area contributed by atoms with E-state index < -0.39 is 5.97 Å². The molecule has 0 saturated heterocycles. The number of aliphatic carboxylic acids is 1. The Labute approximate surface area is 187 Å². The van der Waals surface area contributed by atoms with Crippen LogP contribution in [0.1, 0.15) is 50.0 Å². The molecule has 0 atom stereocenters. The van der Waals surface area contributed by atoms with Gasteiger partial charge in [0.1, 0.15) is 0 Å². The molecule has 0 aliphatic rings. The van der Waals surface area contributed by atoms with Crippen molar-refractivity contribution in [3.05, 3.63) is 65.0 Å². The first kappa shape index (κ1) is 21.4. The summed E-state index contributed by atoms with van der Waals surface area (Å²) in [5.41, 5.74) is 4.98. The number of nitrogens with zero attached hydrogens (tertiary/aromatic N) is 1. The molecule has 3 nitrogen and oxygen atoms in total. The van der Waals surface area contributed by atoms with Gasteiger partial charge in [0.05, 0.1) is 0 Å². The number of hydrogen-bond donors (Lipinski definition) is 1. The number of unbranched alkanes of at least 4 members (excludes halogenated alkanes) is 3. The second-order valence-electron chi connectivity index (χ2n) is 7.98. The number of fused-ring (bicyclic) bond motifs is 3. The maximum absolute atomic E-state index is 11.1. The lowest BCUT2D eigenvalue weighted by Crippen LogP contribution is -1.92. The summed E-state index contributed by atoms with van der Waals surface area (Å²) in [6.45, 7) is 5.34. The zero-order valence-electron chi connectivity index (χ0n) is 18.2. The number of thiophene rings is 1. The molecule has 4 rings (SSSR count). The summed E-state index contributed by atoms with van der Waals surface area (Å²) in [6, 6.07) is 17.6. The van der Waals surface area contributed by atoms with Crippen molar-refractivity contribution in [2.45, 2.75) is 52.5 Å². The fraction of sp³-hybridized carbons (Fsp3) is 0.296. The Kier molecular flexibility index (Phi) is 6.57. The molecule has 0 amide bonds. The van der Waals surface area contributed by atoms with E-state index in [9.17, 15) is 4.79 Å². The van der Waals surface area contributed by atoms with Gasteiger partial charge in [-0.25, -0.2) is 4.79 Å². The Morgan fingerprint density at radius 2 is 1.81 bits per heavy atom. The molecule has 0 aliphatic heterocycles. The average molecular weight is 432 g/mol. The first-order valence-electron chi connectivity index (χ1n) is 11.2. The molecular formula is C27H29NO2S. The molecular weight excluding hydrogens is 402 g/mol. The normalized spacial score (nSPS) is 11.8. The van der Waals surface area contributed by atoms with Crippen molar-refractivity contribution in [3.8, 4) is 10.4 Å². The fourth-order valence-corrected chi connectivity index (χ4v) is 5.47. The van der Waals surface area contributed by atoms with Gasteiger partial charge in [0.25, 0.3) is 0 Å². The molecule has 0 unspecified atom stereocenters. The summed E-state index contributed by atoms with van der Waals surface area (Å²) >= 11 is 1.69. The van der Waals surface area contributed by atoms with Crippen molar-refractivity contribution >= 4 is 45.2 Å². The quantitative estimate of drug-likeness (QED) is 0.217. The van der Waals surface area contributed by atoms with Crippen LogP contribution in [0.15, 0.2) is 54.6 Å². The number of para-hydroxylation sites is 1. The highest BCUT2D eigenvalue weighted by Crippen LogP contribution is 2.37. The number of aromatic nitrogens is 1. The second-order valence-corrected chi connectivity index (χ2v) is 9.06. The van der Waals surface area contributed by atoms with Crippen LogP contribution in [0.4, 0.5) is 0 Å².